The lowest BCUT2D eigenvalue weighted by molar-refractivity contribution is -0.179. The molecule has 0 bridgehead atoms. The van der Waals surface area contributed by atoms with Crippen molar-refractivity contribution < 1.29 is 18.0 Å². The van der Waals surface area contributed by atoms with Gasteiger partial charge in [-0.2, -0.15) is 13.2 Å². The van der Waals surface area contributed by atoms with Crippen LogP contribution >= 0.6 is 34.5 Å². The number of nitrogens with zero attached hydrogens (tertiary/aromatic N) is 3. The van der Waals surface area contributed by atoms with Gasteiger partial charge in [0.05, 0.1) is 22.4 Å². The first-order chi connectivity index (χ1) is 11.3. The van der Waals surface area contributed by atoms with Crippen LogP contribution in [0.25, 0.3) is 0 Å². The third kappa shape index (κ3) is 3.52. The Morgan fingerprint density at radius 2 is 2.17 bits per heavy atom. The summed E-state index contributed by atoms with van der Waals surface area (Å²) < 4.78 is 40.6. The molecule has 0 fully saturated rings. The van der Waals surface area contributed by atoms with Crippen LogP contribution in [-0.4, -0.2) is 26.8 Å². The van der Waals surface area contributed by atoms with E-state index in [1.807, 2.05) is 0 Å². The van der Waals surface area contributed by atoms with Crippen LogP contribution in [-0.2, 0) is 19.5 Å². The molecule has 3 rings (SSSR count). The van der Waals surface area contributed by atoms with Crippen molar-refractivity contribution in [1.29, 1.82) is 0 Å². The Hall–Kier alpha value is -1.32. The molecule has 1 unspecified atom stereocenters. The van der Waals surface area contributed by atoms with E-state index in [9.17, 15) is 18.0 Å². The van der Waals surface area contributed by atoms with E-state index >= 15 is 0 Å². The van der Waals surface area contributed by atoms with E-state index in [1.54, 1.807) is 4.57 Å². The maximum Gasteiger partial charge on any atom is 0.392 e. The first-order valence-corrected chi connectivity index (χ1v) is 8.53. The van der Waals surface area contributed by atoms with Crippen molar-refractivity contribution in [1.82, 2.24) is 20.1 Å². The van der Waals surface area contributed by atoms with Gasteiger partial charge in [-0.1, -0.05) is 23.2 Å². The number of thiophene rings is 1. The molecular formula is C13H11Cl2F3N4OS. The molecule has 0 spiro atoms. The van der Waals surface area contributed by atoms with Crippen molar-refractivity contribution >= 4 is 40.4 Å². The number of fused-ring (bicyclic) bond motifs is 1. The van der Waals surface area contributed by atoms with Crippen molar-refractivity contribution in [2.24, 2.45) is 5.92 Å². The van der Waals surface area contributed by atoms with Gasteiger partial charge in [0.1, 0.15) is 10.2 Å². The van der Waals surface area contributed by atoms with Gasteiger partial charge in [0.15, 0.2) is 5.82 Å². The summed E-state index contributed by atoms with van der Waals surface area (Å²) in [7, 11) is 0. The fraction of sp³-hybridized carbons (Fsp3) is 0.462. The van der Waals surface area contributed by atoms with E-state index in [2.05, 4.69) is 15.5 Å². The molecular weight excluding hydrogens is 388 g/mol. The van der Waals surface area contributed by atoms with Crippen LogP contribution in [0.3, 0.4) is 0 Å². The minimum atomic E-state index is -4.24. The van der Waals surface area contributed by atoms with Crippen LogP contribution in [0.2, 0.25) is 8.67 Å². The SMILES string of the molecule is O=C(NCc1nnc2n1CCC(C(F)(F)F)C2)c1cc(Cl)sc1Cl. The highest BCUT2D eigenvalue weighted by atomic mass is 35.5. The van der Waals surface area contributed by atoms with Crippen molar-refractivity contribution in [3.05, 3.63) is 32.0 Å². The molecule has 1 atom stereocenters. The molecule has 1 aliphatic heterocycles. The number of alkyl halides is 3. The predicted molar refractivity (Wildman–Crippen MR) is 83.4 cm³/mol. The van der Waals surface area contributed by atoms with Gasteiger partial charge >= 0.3 is 6.18 Å². The minimum absolute atomic E-state index is 0.0263. The Bertz CT molecular complexity index is 774. The second-order valence-corrected chi connectivity index (χ2v) is 7.62. The molecule has 1 aliphatic rings. The molecule has 2 aromatic heterocycles. The van der Waals surface area contributed by atoms with E-state index in [0.29, 0.717) is 10.2 Å². The lowest BCUT2D eigenvalue weighted by atomic mass is 9.97. The van der Waals surface area contributed by atoms with E-state index in [1.165, 1.54) is 6.07 Å². The van der Waals surface area contributed by atoms with Gasteiger partial charge in [0.25, 0.3) is 5.91 Å². The molecule has 3 heterocycles. The highest BCUT2D eigenvalue weighted by molar-refractivity contribution is 7.20. The lowest BCUT2D eigenvalue weighted by Gasteiger charge is -2.25. The summed E-state index contributed by atoms with van der Waals surface area (Å²) in [5.41, 5.74) is 0.252. The number of carbonyl (C=O) groups excluding carboxylic acids is 1. The van der Waals surface area contributed by atoms with Crippen molar-refractivity contribution in [3.8, 4) is 0 Å². The van der Waals surface area contributed by atoms with E-state index in [0.717, 1.165) is 11.3 Å². The molecule has 0 aliphatic carbocycles. The van der Waals surface area contributed by atoms with Gasteiger partial charge in [0, 0.05) is 13.0 Å². The number of hydrogen-bond acceptors (Lipinski definition) is 4. The van der Waals surface area contributed by atoms with Crippen LogP contribution in [0.4, 0.5) is 13.2 Å². The first-order valence-electron chi connectivity index (χ1n) is 6.96. The van der Waals surface area contributed by atoms with Crippen molar-refractivity contribution in [2.45, 2.75) is 32.1 Å². The molecule has 0 saturated heterocycles. The standard InChI is InChI=1S/C13H11Cl2F3N4OS/c14-8-4-7(11(15)24-8)12(23)19-5-10-21-20-9-3-6(13(16,17)18)1-2-22(9)10/h4,6H,1-3,5H2,(H,19,23). The van der Waals surface area contributed by atoms with Gasteiger partial charge < -0.3 is 9.88 Å². The third-order valence-corrected chi connectivity index (χ3v) is 5.29. The summed E-state index contributed by atoms with van der Waals surface area (Å²) in [5, 5.41) is 10.3. The zero-order valence-electron chi connectivity index (χ0n) is 12.0. The number of carbonyl (C=O) groups is 1. The Kier molecular flexibility index (Phi) is 4.76. The largest absolute Gasteiger partial charge is 0.392 e. The average molecular weight is 399 g/mol. The number of rotatable bonds is 3. The Morgan fingerprint density at radius 3 is 2.79 bits per heavy atom. The second-order valence-electron chi connectivity index (χ2n) is 5.34. The number of aromatic nitrogens is 3. The fourth-order valence-electron chi connectivity index (χ4n) is 2.55. The topological polar surface area (TPSA) is 59.8 Å². The van der Waals surface area contributed by atoms with Crippen molar-refractivity contribution in [3.63, 3.8) is 0 Å². The first kappa shape index (κ1) is 17.5. The fourth-order valence-corrected chi connectivity index (χ4v) is 4.01. The number of halogens is 5. The zero-order chi connectivity index (χ0) is 17.5. The highest BCUT2D eigenvalue weighted by Gasteiger charge is 2.42. The summed E-state index contributed by atoms with van der Waals surface area (Å²) >= 11 is 12.8. The molecule has 130 valence electrons. The summed E-state index contributed by atoms with van der Waals surface area (Å²) in [6.45, 7) is 0.217. The number of amides is 1. The Morgan fingerprint density at radius 1 is 1.42 bits per heavy atom. The Balaban J connectivity index is 1.67. The van der Waals surface area contributed by atoms with Gasteiger partial charge in [-0.3, -0.25) is 4.79 Å². The molecule has 11 heteroatoms. The molecule has 0 saturated carbocycles. The molecule has 0 radical (unpaired) electrons. The summed E-state index contributed by atoms with van der Waals surface area (Å²) in [6.07, 6.45) is -4.46. The quantitative estimate of drug-likeness (QED) is 0.857. The van der Waals surface area contributed by atoms with Crippen LogP contribution in [0.15, 0.2) is 6.07 Å². The van der Waals surface area contributed by atoms with Gasteiger partial charge in [-0.25, -0.2) is 0 Å². The van der Waals surface area contributed by atoms with E-state index in [4.69, 9.17) is 23.2 Å². The predicted octanol–water partition coefficient (Wildman–Crippen LogP) is 3.70. The van der Waals surface area contributed by atoms with Crippen LogP contribution < -0.4 is 5.32 Å². The number of hydrogen-bond donors (Lipinski definition) is 1. The van der Waals surface area contributed by atoms with Crippen LogP contribution in [0, 0.1) is 5.92 Å². The maximum absolute atomic E-state index is 12.8. The normalized spacial score (nSPS) is 17.6. The minimum Gasteiger partial charge on any atom is -0.345 e. The third-order valence-electron chi connectivity index (χ3n) is 3.81. The summed E-state index contributed by atoms with van der Waals surface area (Å²) in [4.78, 5) is 12.1. The molecule has 5 nitrogen and oxygen atoms in total. The maximum atomic E-state index is 12.8. The highest BCUT2D eigenvalue weighted by Crippen LogP contribution is 2.34. The summed E-state index contributed by atoms with van der Waals surface area (Å²) in [6, 6.07) is 1.46. The molecule has 0 aromatic carbocycles. The zero-order valence-corrected chi connectivity index (χ0v) is 14.4. The molecule has 24 heavy (non-hydrogen) atoms. The number of nitrogens with one attached hydrogen (secondary N) is 1. The lowest BCUT2D eigenvalue weighted by Crippen LogP contribution is -2.32. The smallest absolute Gasteiger partial charge is 0.345 e. The molecule has 1 N–H and O–H groups in total. The Labute approximate surface area is 148 Å². The van der Waals surface area contributed by atoms with Gasteiger partial charge in [0.2, 0.25) is 0 Å². The van der Waals surface area contributed by atoms with Crippen LogP contribution in [0.1, 0.15) is 28.4 Å². The molecule has 1 amide bonds. The molecule has 2 aromatic rings. The van der Waals surface area contributed by atoms with E-state index < -0.39 is 18.0 Å². The van der Waals surface area contributed by atoms with Gasteiger partial charge in [-0.15, -0.1) is 21.5 Å². The van der Waals surface area contributed by atoms with E-state index in [-0.39, 0.29) is 41.7 Å². The average Bonchev–Trinajstić information content (AvgIpc) is 3.06. The van der Waals surface area contributed by atoms with Gasteiger partial charge in [-0.05, 0) is 12.5 Å². The summed E-state index contributed by atoms with van der Waals surface area (Å²) in [5.74, 6) is -1.13. The second kappa shape index (κ2) is 6.53. The van der Waals surface area contributed by atoms with Crippen LogP contribution in [0.5, 0.6) is 0 Å². The van der Waals surface area contributed by atoms with Crippen molar-refractivity contribution in [2.75, 3.05) is 0 Å². The monoisotopic (exact) mass is 398 g/mol.